The van der Waals surface area contributed by atoms with Crippen molar-refractivity contribution in [1.29, 1.82) is 0 Å². The third-order valence-electron chi connectivity index (χ3n) is 16.2. The maximum Gasteiger partial charge on any atom is 0.306 e. The molecule has 0 spiro atoms. The van der Waals surface area contributed by atoms with Gasteiger partial charge in [-0.15, -0.1) is 0 Å². The van der Waals surface area contributed by atoms with Crippen LogP contribution >= 0.6 is 0 Å². The van der Waals surface area contributed by atoms with Crippen LogP contribution in [0.15, 0.2) is 154 Å². The fraction of sp³-hybridized carbons (Fsp3) is 0.632. The Hall–Kier alpha value is -4.44. The fourth-order valence-corrected chi connectivity index (χ4v) is 11.4. The summed E-state index contributed by atoms with van der Waals surface area (Å²) >= 11 is 0. The van der Waals surface area contributed by atoms with Crippen molar-refractivity contribution >= 4 is 11.9 Å². The van der Waals surface area contributed by atoms with Crippen molar-refractivity contribution in [2.75, 3.05) is 0 Å². The first kappa shape index (κ1) is 71.7. The van der Waals surface area contributed by atoms with Gasteiger partial charge in [0.2, 0.25) is 0 Å². The third kappa shape index (κ3) is 35.4. The SMILES string of the molecule is CCCCCCCC/C=C\CCCCCCCC(=O)O[C@@H]1CC(C)=C(/C=C/C(C)=C/C=C/C(C)=C/C=C/C=C(C)/C=C/C=C(C)/C=C/[C@H]2C(C)=C[C@H](OC(=O)CCCCCCC/C=C\CCCCCCCC)CC2(C)C)C(C)(C)C1. The topological polar surface area (TPSA) is 52.6 Å². The number of rotatable bonds is 42. The minimum atomic E-state index is -0.152. The summed E-state index contributed by atoms with van der Waals surface area (Å²) in [6, 6.07) is 0. The Morgan fingerprint density at radius 1 is 0.500 bits per heavy atom. The molecule has 0 fully saturated rings. The van der Waals surface area contributed by atoms with E-state index in [-0.39, 0.29) is 35.0 Å². The molecule has 448 valence electrons. The van der Waals surface area contributed by atoms with E-state index < -0.39 is 0 Å². The maximum atomic E-state index is 12.8. The maximum absolute atomic E-state index is 12.8. The van der Waals surface area contributed by atoms with Crippen molar-refractivity contribution in [2.45, 2.75) is 294 Å². The van der Waals surface area contributed by atoms with Crippen molar-refractivity contribution < 1.29 is 19.1 Å². The smallest absolute Gasteiger partial charge is 0.306 e. The summed E-state index contributed by atoms with van der Waals surface area (Å²) < 4.78 is 12.0. The zero-order chi connectivity index (χ0) is 58.7. The Balaban J connectivity index is 1.71. The van der Waals surface area contributed by atoms with Gasteiger partial charge in [0.05, 0.1) is 0 Å². The second-order valence-electron chi connectivity index (χ2n) is 25.3. The van der Waals surface area contributed by atoms with Crippen LogP contribution in [0, 0.1) is 16.7 Å². The molecular weight excluding hydrogens is 977 g/mol. The largest absolute Gasteiger partial charge is 0.462 e. The summed E-state index contributed by atoms with van der Waals surface area (Å²) in [7, 11) is 0. The summed E-state index contributed by atoms with van der Waals surface area (Å²) in [6.07, 6.45) is 77.9. The first-order valence-electron chi connectivity index (χ1n) is 32.6. The van der Waals surface area contributed by atoms with Crippen molar-refractivity contribution in [3.05, 3.63) is 154 Å². The van der Waals surface area contributed by atoms with Gasteiger partial charge in [-0.2, -0.15) is 0 Å². The summed E-state index contributed by atoms with van der Waals surface area (Å²) in [4.78, 5) is 25.6. The van der Waals surface area contributed by atoms with Gasteiger partial charge < -0.3 is 9.47 Å². The zero-order valence-electron chi connectivity index (χ0n) is 53.8. The number of esters is 2. The van der Waals surface area contributed by atoms with E-state index >= 15 is 0 Å². The molecule has 3 atom stereocenters. The summed E-state index contributed by atoms with van der Waals surface area (Å²) in [5.41, 5.74) is 8.60. The van der Waals surface area contributed by atoms with E-state index in [2.05, 4.69) is 199 Å². The van der Waals surface area contributed by atoms with E-state index in [1.54, 1.807) is 0 Å². The lowest BCUT2D eigenvalue weighted by Gasteiger charge is -2.40. The molecule has 0 bridgehead atoms. The Kier molecular flexibility index (Phi) is 39.6. The Labute approximate surface area is 494 Å². The van der Waals surface area contributed by atoms with Crippen molar-refractivity contribution in [2.24, 2.45) is 16.7 Å². The van der Waals surface area contributed by atoms with Crippen LogP contribution in [-0.2, 0) is 19.1 Å². The predicted octanol–water partition coefficient (Wildman–Crippen LogP) is 23.6. The van der Waals surface area contributed by atoms with Crippen molar-refractivity contribution in [3.8, 4) is 0 Å². The van der Waals surface area contributed by atoms with Gasteiger partial charge in [0, 0.05) is 25.2 Å². The monoisotopic (exact) mass is 1100 g/mol. The van der Waals surface area contributed by atoms with E-state index in [1.165, 1.54) is 180 Å². The highest BCUT2D eigenvalue weighted by molar-refractivity contribution is 5.70. The second-order valence-corrected chi connectivity index (χ2v) is 25.3. The molecule has 0 heterocycles. The minimum absolute atomic E-state index is 0.0127. The number of carbonyl (C=O) groups is 2. The lowest BCUT2D eigenvalue weighted by atomic mass is 9.67. The van der Waals surface area contributed by atoms with Crippen molar-refractivity contribution in [3.63, 3.8) is 0 Å². The number of unbranched alkanes of at least 4 members (excludes halogenated alkanes) is 22. The molecule has 0 saturated heterocycles. The lowest BCUT2D eigenvalue weighted by molar-refractivity contribution is -0.151. The molecule has 80 heavy (non-hydrogen) atoms. The van der Waals surface area contributed by atoms with E-state index in [4.69, 9.17) is 9.47 Å². The first-order valence-corrected chi connectivity index (χ1v) is 32.6. The number of carbonyl (C=O) groups excluding carboxylic acids is 2. The summed E-state index contributed by atoms with van der Waals surface area (Å²) in [5.74, 6) is 0.198. The molecule has 4 nitrogen and oxygen atoms in total. The van der Waals surface area contributed by atoms with Gasteiger partial charge in [-0.25, -0.2) is 0 Å². The lowest BCUT2D eigenvalue weighted by Crippen LogP contribution is -2.34. The second kappa shape index (κ2) is 44.2. The molecule has 4 heteroatoms. The molecule has 0 saturated carbocycles. The van der Waals surface area contributed by atoms with Crippen LogP contribution in [0.2, 0.25) is 0 Å². The predicted molar refractivity (Wildman–Crippen MR) is 351 cm³/mol. The molecule has 0 aromatic carbocycles. The average Bonchev–Trinajstić information content (AvgIpc) is 3.40. The third-order valence-corrected chi connectivity index (χ3v) is 16.2. The van der Waals surface area contributed by atoms with Crippen molar-refractivity contribution in [1.82, 2.24) is 0 Å². The Morgan fingerprint density at radius 3 is 1.35 bits per heavy atom. The molecule has 0 radical (unpaired) electrons. The highest BCUT2D eigenvalue weighted by Gasteiger charge is 2.37. The number of hydrogen-bond donors (Lipinski definition) is 0. The highest BCUT2D eigenvalue weighted by Crippen LogP contribution is 2.44. The van der Waals surface area contributed by atoms with E-state index in [0.717, 1.165) is 44.9 Å². The first-order chi connectivity index (χ1) is 38.5. The zero-order valence-corrected chi connectivity index (χ0v) is 53.8. The van der Waals surface area contributed by atoms with Gasteiger partial charge in [-0.3, -0.25) is 9.59 Å². The quantitative estimate of drug-likeness (QED) is 0.0265. The number of hydrogen-bond acceptors (Lipinski definition) is 4. The molecule has 0 aromatic heterocycles. The average molecular weight is 1100 g/mol. The van der Waals surface area contributed by atoms with Gasteiger partial charge in [0.15, 0.2) is 0 Å². The molecule has 2 aliphatic carbocycles. The van der Waals surface area contributed by atoms with Gasteiger partial charge >= 0.3 is 11.9 Å². The number of allylic oxidation sites excluding steroid dienone is 24. The molecule has 0 aromatic rings. The minimum Gasteiger partial charge on any atom is -0.462 e. The van der Waals surface area contributed by atoms with Crippen LogP contribution in [0.3, 0.4) is 0 Å². The van der Waals surface area contributed by atoms with E-state index in [9.17, 15) is 9.59 Å². The van der Waals surface area contributed by atoms with Crippen LogP contribution in [0.5, 0.6) is 0 Å². The Bertz CT molecular complexity index is 2140. The van der Waals surface area contributed by atoms with Gasteiger partial charge in [-0.05, 0) is 141 Å². The molecule has 2 aliphatic rings. The highest BCUT2D eigenvalue weighted by atomic mass is 16.5. The molecule has 0 N–H and O–H groups in total. The van der Waals surface area contributed by atoms with Gasteiger partial charge in [0.1, 0.15) is 12.2 Å². The van der Waals surface area contributed by atoms with Crippen LogP contribution < -0.4 is 0 Å². The van der Waals surface area contributed by atoms with Crippen LogP contribution in [-0.4, -0.2) is 24.1 Å². The normalized spacial score (nSPS) is 19.6. The summed E-state index contributed by atoms with van der Waals surface area (Å²) in [6.45, 7) is 26.6. The van der Waals surface area contributed by atoms with Gasteiger partial charge in [0.25, 0.3) is 0 Å². The molecular formula is C76H120O4. The standard InChI is InChI=1S/C76H120O4/c1-13-15-17-19-21-23-25-27-29-31-33-35-37-39-41-53-73(77)79-69-59-67(7)71(75(9,10)61-69)57-55-65(5)51-45-49-63(3)47-43-44-48-64(4)50-46-52-66(6)56-58-72-68(8)60-70(62-76(72,11)12)80-74(78)54-42-40-38-36-34-32-30-28-26-24-22-20-18-16-14-2/h27-30,43-52,55-59,69-71H,13-26,31-42,53-54,60-62H2,1-12H3/b29-27-,30-28-,44-43+,49-45+,50-46+,57-55+,58-56+,63-47+,64-48+,65-51+,66-52+/t69-,70+,71-/m0/s1. The van der Waals surface area contributed by atoms with E-state index in [1.807, 2.05) is 0 Å². The fourth-order valence-electron chi connectivity index (χ4n) is 11.4. The molecule has 0 aliphatic heterocycles. The van der Waals surface area contributed by atoms with Crippen LogP contribution in [0.25, 0.3) is 0 Å². The summed E-state index contributed by atoms with van der Waals surface area (Å²) in [5, 5.41) is 0. The Morgan fingerprint density at radius 2 is 0.900 bits per heavy atom. The molecule has 2 rings (SSSR count). The van der Waals surface area contributed by atoms with Crippen LogP contribution in [0.4, 0.5) is 0 Å². The van der Waals surface area contributed by atoms with Crippen LogP contribution in [0.1, 0.15) is 282 Å². The molecule has 0 amide bonds. The van der Waals surface area contributed by atoms with Gasteiger partial charge in [-0.1, -0.05) is 287 Å². The number of ether oxygens (including phenoxy) is 2. The molecule has 0 unspecified atom stereocenters. The van der Waals surface area contributed by atoms with E-state index in [0.29, 0.717) is 18.8 Å².